The van der Waals surface area contributed by atoms with Crippen LogP contribution in [0.15, 0.2) is 24.3 Å². The van der Waals surface area contributed by atoms with Crippen molar-refractivity contribution in [2.45, 2.75) is 19.3 Å². The lowest BCUT2D eigenvalue weighted by Crippen LogP contribution is -2.41. The maximum Gasteiger partial charge on any atom is 0.238 e. The average Bonchev–Trinajstić information content (AvgIpc) is 2.69. The monoisotopic (exact) mass is 361 g/mol. The molecule has 2 aliphatic rings. The first-order valence-corrected chi connectivity index (χ1v) is 9.69. The lowest BCUT2D eigenvalue weighted by molar-refractivity contribution is -0.117. The molecule has 2 heterocycles. The molecule has 1 aromatic rings. The average molecular weight is 361 g/mol. The zero-order chi connectivity index (χ0) is 18.2. The number of amides is 1. The highest BCUT2D eigenvalue weighted by atomic mass is 16.5. The van der Waals surface area contributed by atoms with Crippen LogP contribution in [-0.2, 0) is 9.53 Å². The molecule has 6 heteroatoms. The largest absolute Gasteiger partial charge is 0.497 e. The van der Waals surface area contributed by atoms with Crippen molar-refractivity contribution in [1.29, 1.82) is 0 Å². The van der Waals surface area contributed by atoms with Gasteiger partial charge >= 0.3 is 0 Å². The predicted octanol–water partition coefficient (Wildman–Crippen LogP) is 2.07. The fourth-order valence-electron chi connectivity index (χ4n) is 3.70. The van der Waals surface area contributed by atoms with Gasteiger partial charge in [0.2, 0.25) is 5.91 Å². The van der Waals surface area contributed by atoms with E-state index in [2.05, 4.69) is 15.1 Å². The number of ether oxygens (including phenoxy) is 2. The van der Waals surface area contributed by atoms with E-state index in [9.17, 15) is 4.79 Å². The van der Waals surface area contributed by atoms with Crippen LogP contribution in [0, 0.1) is 5.92 Å². The SMILES string of the molecule is COc1ccc(NC(=O)CN2CCC(CCN3CCOCC3)CC2)cc1. The summed E-state index contributed by atoms with van der Waals surface area (Å²) in [5, 5.41) is 2.97. The number of anilines is 1. The molecule has 1 amide bonds. The third kappa shape index (κ3) is 5.97. The second-order valence-corrected chi connectivity index (χ2v) is 7.24. The number of morpholine rings is 1. The van der Waals surface area contributed by atoms with Gasteiger partial charge in [-0.15, -0.1) is 0 Å². The highest BCUT2D eigenvalue weighted by Gasteiger charge is 2.22. The fourth-order valence-corrected chi connectivity index (χ4v) is 3.70. The van der Waals surface area contributed by atoms with Gasteiger partial charge in [0.25, 0.3) is 0 Å². The van der Waals surface area contributed by atoms with Crippen LogP contribution in [0.1, 0.15) is 19.3 Å². The van der Waals surface area contributed by atoms with Crippen molar-refractivity contribution in [3.8, 4) is 5.75 Å². The number of nitrogens with one attached hydrogen (secondary N) is 1. The Hall–Kier alpha value is -1.63. The van der Waals surface area contributed by atoms with Crippen LogP contribution in [0.25, 0.3) is 0 Å². The van der Waals surface area contributed by atoms with Crippen molar-refractivity contribution in [3.63, 3.8) is 0 Å². The number of piperidine rings is 1. The van der Waals surface area contributed by atoms with E-state index in [-0.39, 0.29) is 5.91 Å². The highest BCUT2D eigenvalue weighted by Crippen LogP contribution is 2.21. The van der Waals surface area contributed by atoms with E-state index in [0.717, 1.165) is 56.7 Å². The van der Waals surface area contributed by atoms with Crippen LogP contribution < -0.4 is 10.1 Å². The molecule has 0 aromatic heterocycles. The highest BCUT2D eigenvalue weighted by molar-refractivity contribution is 5.92. The summed E-state index contributed by atoms with van der Waals surface area (Å²) in [5.74, 6) is 1.64. The number of carbonyl (C=O) groups is 1. The number of likely N-dealkylation sites (tertiary alicyclic amines) is 1. The summed E-state index contributed by atoms with van der Waals surface area (Å²) in [6.07, 6.45) is 3.66. The molecule has 2 aliphatic heterocycles. The molecule has 0 atom stereocenters. The quantitative estimate of drug-likeness (QED) is 0.806. The van der Waals surface area contributed by atoms with Gasteiger partial charge in [-0.1, -0.05) is 0 Å². The maximum atomic E-state index is 12.2. The number of methoxy groups -OCH3 is 1. The number of rotatable bonds is 7. The van der Waals surface area contributed by atoms with Crippen molar-refractivity contribution in [2.24, 2.45) is 5.92 Å². The molecule has 2 fully saturated rings. The van der Waals surface area contributed by atoms with Crippen molar-refractivity contribution in [3.05, 3.63) is 24.3 Å². The lowest BCUT2D eigenvalue weighted by atomic mass is 9.93. The van der Waals surface area contributed by atoms with E-state index in [4.69, 9.17) is 9.47 Å². The van der Waals surface area contributed by atoms with Gasteiger partial charge in [0.15, 0.2) is 0 Å². The summed E-state index contributed by atoms with van der Waals surface area (Å²) in [4.78, 5) is 17.0. The fraction of sp³-hybridized carbons (Fsp3) is 0.650. The molecule has 0 radical (unpaired) electrons. The molecular formula is C20H31N3O3. The maximum absolute atomic E-state index is 12.2. The first kappa shape index (κ1) is 19.1. The third-order valence-corrected chi connectivity index (χ3v) is 5.41. The summed E-state index contributed by atoms with van der Waals surface area (Å²) >= 11 is 0. The molecule has 0 aliphatic carbocycles. The number of hydrogen-bond acceptors (Lipinski definition) is 5. The second kappa shape index (κ2) is 9.90. The van der Waals surface area contributed by atoms with Crippen molar-refractivity contribution in [1.82, 2.24) is 9.80 Å². The van der Waals surface area contributed by atoms with Crippen LogP contribution in [0.4, 0.5) is 5.69 Å². The lowest BCUT2D eigenvalue weighted by Gasteiger charge is -2.33. The smallest absolute Gasteiger partial charge is 0.238 e. The van der Waals surface area contributed by atoms with Crippen molar-refractivity contribution < 1.29 is 14.3 Å². The van der Waals surface area contributed by atoms with Crippen LogP contribution in [0.3, 0.4) is 0 Å². The number of benzene rings is 1. The van der Waals surface area contributed by atoms with Gasteiger partial charge in [0.05, 0.1) is 26.9 Å². The Morgan fingerprint density at radius 1 is 1.12 bits per heavy atom. The van der Waals surface area contributed by atoms with Crippen molar-refractivity contribution >= 4 is 11.6 Å². The minimum absolute atomic E-state index is 0.0573. The van der Waals surface area contributed by atoms with Gasteiger partial charge < -0.3 is 14.8 Å². The Balaban J connectivity index is 1.33. The van der Waals surface area contributed by atoms with E-state index in [1.54, 1.807) is 7.11 Å². The van der Waals surface area contributed by atoms with Crippen molar-refractivity contribution in [2.75, 3.05) is 64.9 Å². The molecule has 1 aromatic carbocycles. The summed E-state index contributed by atoms with van der Waals surface area (Å²) in [6, 6.07) is 7.45. The van der Waals surface area contributed by atoms with E-state index >= 15 is 0 Å². The molecule has 6 nitrogen and oxygen atoms in total. The van der Waals surface area contributed by atoms with Crippen LogP contribution in [0.5, 0.6) is 5.75 Å². The molecular weight excluding hydrogens is 330 g/mol. The van der Waals surface area contributed by atoms with Gasteiger partial charge in [-0.2, -0.15) is 0 Å². The van der Waals surface area contributed by atoms with Crippen LogP contribution in [-0.4, -0.2) is 75.3 Å². The van der Waals surface area contributed by atoms with E-state index in [0.29, 0.717) is 6.54 Å². The predicted molar refractivity (Wildman–Crippen MR) is 103 cm³/mol. The Kier molecular flexibility index (Phi) is 7.29. The van der Waals surface area contributed by atoms with Gasteiger partial charge in [-0.3, -0.25) is 14.6 Å². The summed E-state index contributed by atoms with van der Waals surface area (Å²) in [7, 11) is 1.64. The summed E-state index contributed by atoms with van der Waals surface area (Å²) in [5.41, 5.74) is 0.816. The number of hydrogen-bond donors (Lipinski definition) is 1. The molecule has 0 spiro atoms. The van der Waals surface area contributed by atoms with Gasteiger partial charge in [-0.05, 0) is 69.1 Å². The molecule has 0 saturated carbocycles. The minimum Gasteiger partial charge on any atom is -0.497 e. The van der Waals surface area contributed by atoms with Gasteiger partial charge in [0, 0.05) is 18.8 Å². The van der Waals surface area contributed by atoms with Crippen LogP contribution >= 0.6 is 0 Å². The normalized spacial score (nSPS) is 20.0. The molecule has 0 unspecified atom stereocenters. The molecule has 26 heavy (non-hydrogen) atoms. The minimum atomic E-state index is 0.0573. The van der Waals surface area contributed by atoms with Crippen LogP contribution in [0.2, 0.25) is 0 Å². The Labute approximate surface area is 156 Å². The van der Waals surface area contributed by atoms with Gasteiger partial charge in [-0.25, -0.2) is 0 Å². The Morgan fingerprint density at radius 2 is 1.81 bits per heavy atom. The van der Waals surface area contributed by atoms with E-state index in [1.165, 1.54) is 25.8 Å². The zero-order valence-corrected chi connectivity index (χ0v) is 15.8. The topological polar surface area (TPSA) is 54.0 Å². The molecule has 144 valence electrons. The summed E-state index contributed by atoms with van der Waals surface area (Å²) in [6.45, 7) is 7.60. The molecule has 0 bridgehead atoms. The zero-order valence-electron chi connectivity index (χ0n) is 15.8. The van der Waals surface area contributed by atoms with E-state index < -0.39 is 0 Å². The van der Waals surface area contributed by atoms with E-state index in [1.807, 2.05) is 24.3 Å². The van der Waals surface area contributed by atoms with Gasteiger partial charge in [0.1, 0.15) is 5.75 Å². The molecule has 3 rings (SSSR count). The third-order valence-electron chi connectivity index (χ3n) is 5.41. The molecule has 2 saturated heterocycles. The Morgan fingerprint density at radius 3 is 2.46 bits per heavy atom. The Bertz CT molecular complexity index is 550. The second-order valence-electron chi connectivity index (χ2n) is 7.24. The first-order chi connectivity index (χ1) is 12.7. The molecule has 1 N–H and O–H groups in total. The number of carbonyl (C=O) groups excluding carboxylic acids is 1. The summed E-state index contributed by atoms with van der Waals surface area (Å²) < 4.78 is 10.5. The number of nitrogens with zero attached hydrogens (tertiary/aromatic N) is 2. The standard InChI is InChI=1S/C20H31N3O3/c1-25-19-4-2-18(3-5-19)21-20(24)16-23-10-7-17(8-11-23)6-9-22-12-14-26-15-13-22/h2-5,17H,6-16H2,1H3,(H,21,24). The first-order valence-electron chi connectivity index (χ1n) is 9.69.